The van der Waals surface area contributed by atoms with Crippen molar-refractivity contribution in [2.45, 2.75) is 38.6 Å². The molecule has 1 aromatic carbocycles. The van der Waals surface area contributed by atoms with Crippen molar-refractivity contribution in [3.05, 3.63) is 47.8 Å². The molecule has 1 aromatic heterocycles. The Bertz CT molecular complexity index is 785. The van der Waals surface area contributed by atoms with E-state index in [0.29, 0.717) is 19.6 Å². The van der Waals surface area contributed by atoms with Crippen molar-refractivity contribution in [3.63, 3.8) is 0 Å². The molecule has 1 fully saturated rings. The molecule has 27 heavy (non-hydrogen) atoms. The van der Waals surface area contributed by atoms with Crippen LogP contribution in [-0.4, -0.2) is 51.4 Å². The number of benzene rings is 1. The van der Waals surface area contributed by atoms with Crippen LogP contribution in [0.5, 0.6) is 5.75 Å². The van der Waals surface area contributed by atoms with Crippen LogP contribution in [0.15, 0.2) is 36.5 Å². The van der Waals surface area contributed by atoms with Crippen LogP contribution in [0.2, 0.25) is 0 Å². The lowest BCUT2D eigenvalue weighted by atomic mass is 9.94. The lowest BCUT2D eigenvalue weighted by Gasteiger charge is -2.32. The first-order valence-corrected chi connectivity index (χ1v) is 9.30. The lowest BCUT2D eigenvalue weighted by molar-refractivity contribution is -0.138. The van der Waals surface area contributed by atoms with Gasteiger partial charge in [-0.15, -0.1) is 0 Å². The monoisotopic (exact) mass is 371 g/mol. The molecular weight excluding hydrogens is 346 g/mol. The van der Waals surface area contributed by atoms with Gasteiger partial charge in [0.25, 0.3) is 0 Å². The van der Waals surface area contributed by atoms with Crippen molar-refractivity contribution < 1.29 is 19.4 Å². The number of carbonyl (C=O) groups is 2. The van der Waals surface area contributed by atoms with Gasteiger partial charge in [-0.1, -0.05) is 12.1 Å². The Morgan fingerprint density at radius 1 is 1.26 bits per heavy atom. The minimum Gasteiger partial charge on any atom is -0.494 e. The van der Waals surface area contributed by atoms with Gasteiger partial charge in [-0.2, -0.15) is 5.10 Å². The first-order chi connectivity index (χ1) is 13.0. The molecule has 0 saturated carbocycles. The Labute approximate surface area is 158 Å². The predicted octanol–water partition coefficient (Wildman–Crippen LogP) is 2.32. The maximum Gasteiger partial charge on any atom is 0.325 e. The zero-order chi connectivity index (χ0) is 19.2. The molecule has 1 aliphatic heterocycles. The van der Waals surface area contributed by atoms with Crippen LogP contribution in [0.25, 0.3) is 0 Å². The Balaban J connectivity index is 1.59. The summed E-state index contributed by atoms with van der Waals surface area (Å²) in [5.41, 5.74) is 1.83. The summed E-state index contributed by atoms with van der Waals surface area (Å²) >= 11 is 0. The third-order valence-corrected chi connectivity index (χ3v) is 4.74. The maximum absolute atomic E-state index is 12.7. The first-order valence-electron chi connectivity index (χ1n) is 9.30. The second-order valence-electron chi connectivity index (χ2n) is 6.76. The fourth-order valence-corrected chi connectivity index (χ4v) is 3.42. The Kier molecular flexibility index (Phi) is 6.11. The van der Waals surface area contributed by atoms with Crippen molar-refractivity contribution in [2.24, 2.45) is 0 Å². The van der Waals surface area contributed by atoms with E-state index in [1.807, 2.05) is 42.2 Å². The SMILES string of the molecule is CCOc1ccc(CC(=O)N2CCC[C@@H](c3ccn(CC(=O)O)n3)C2)cc1. The average molecular weight is 371 g/mol. The standard InChI is InChI=1S/C20H25N3O4/c1-2-27-17-7-5-15(6-8-17)12-19(24)22-10-3-4-16(13-22)18-9-11-23(21-18)14-20(25)26/h5-9,11,16H,2-4,10,12-14H2,1H3,(H,25,26)/t16-/m1/s1. The smallest absolute Gasteiger partial charge is 0.325 e. The Morgan fingerprint density at radius 2 is 2.04 bits per heavy atom. The average Bonchev–Trinajstić information content (AvgIpc) is 3.11. The highest BCUT2D eigenvalue weighted by Gasteiger charge is 2.26. The molecule has 7 nitrogen and oxygen atoms in total. The number of piperidine rings is 1. The van der Waals surface area contributed by atoms with Gasteiger partial charge in [0.05, 0.1) is 18.7 Å². The second kappa shape index (κ2) is 8.70. The van der Waals surface area contributed by atoms with Gasteiger partial charge in [0.1, 0.15) is 12.3 Å². The molecule has 2 aromatic rings. The molecule has 0 unspecified atom stereocenters. The zero-order valence-electron chi connectivity index (χ0n) is 15.5. The molecule has 0 radical (unpaired) electrons. The Morgan fingerprint density at radius 3 is 2.74 bits per heavy atom. The molecule has 144 valence electrons. The number of carboxylic acids is 1. The molecule has 3 rings (SSSR count). The summed E-state index contributed by atoms with van der Waals surface area (Å²) in [5, 5.41) is 13.2. The van der Waals surface area contributed by atoms with E-state index >= 15 is 0 Å². The van der Waals surface area contributed by atoms with Crippen molar-refractivity contribution in [1.29, 1.82) is 0 Å². The number of carboxylic acid groups (broad SMARTS) is 1. The summed E-state index contributed by atoms with van der Waals surface area (Å²) in [5.74, 6) is 0.149. The third-order valence-electron chi connectivity index (χ3n) is 4.74. The van der Waals surface area contributed by atoms with Gasteiger partial charge >= 0.3 is 5.97 Å². The van der Waals surface area contributed by atoms with E-state index in [9.17, 15) is 9.59 Å². The van der Waals surface area contributed by atoms with E-state index in [2.05, 4.69) is 5.10 Å². The largest absolute Gasteiger partial charge is 0.494 e. The van der Waals surface area contributed by atoms with E-state index in [-0.39, 0.29) is 18.4 Å². The molecule has 7 heteroatoms. The van der Waals surface area contributed by atoms with Crippen LogP contribution in [0.4, 0.5) is 0 Å². The maximum atomic E-state index is 12.7. The van der Waals surface area contributed by atoms with Gasteiger partial charge in [0.2, 0.25) is 5.91 Å². The van der Waals surface area contributed by atoms with Crippen LogP contribution in [0.1, 0.15) is 36.9 Å². The number of hydrogen-bond acceptors (Lipinski definition) is 4. The minimum atomic E-state index is -0.916. The van der Waals surface area contributed by atoms with Crippen LogP contribution >= 0.6 is 0 Å². The zero-order valence-corrected chi connectivity index (χ0v) is 15.5. The van der Waals surface area contributed by atoms with Crippen LogP contribution in [0, 0.1) is 0 Å². The highest BCUT2D eigenvalue weighted by atomic mass is 16.5. The number of amides is 1. The summed E-state index contributed by atoms with van der Waals surface area (Å²) in [4.78, 5) is 25.4. The molecule has 1 aliphatic rings. The predicted molar refractivity (Wildman–Crippen MR) is 99.7 cm³/mol. The highest BCUT2D eigenvalue weighted by Crippen LogP contribution is 2.26. The molecule has 1 N–H and O–H groups in total. The number of carbonyl (C=O) groups excluding carboxylic acids is 1. The van der Waals surface area contributed by atoms with Crippen LogP contribution < -0.4 is 4.74 Å². The summed E-state index contributed by atoms with van der Waals surface area (Å²) in [6, 6.07) is 9.49. The summed E-state index contributed by atoms with van der Waals surface area (Å²) < 4.78 is 6.86. The number of likely N-dealkylation sites (tertiary alicyclic amines) is 1. The van der Waals surface area contributed by atoms with Gasteiger partial charge in [0.15, 0.2) is 0 Å². The summed E-state index contributed by atoms with van der Waals surface area (Å²) in [6.45, 7) is 3.79. The fraction of sp³-hybridized carbons (Fsp3) is 0.450. The molecule has 1 amide bonds. The number of hydrogen-bond donors (Lipinski definition) is 1. The van der Waals surface area contributed by atoms with E-state index in [1.54, 1.807) is 6.20 Å². The molecule has 0 aliphatic carbocycles. The normalized spacial score (nSPS) is 16.9. The van der Waals surface area contributed by atoms with Gasteiger partial charge in [-0.25, -0.2) is 0 Å². The van der Waals surface area contributed by atoms with Crippen molar-refractivity contribution in [3.8, 4) is 5.75 Å². The van der Waals surface area contributed by atoms with Crippen LogP contribution in [-0.2, 0) is 22.6 Å². The number of nitrogens with zero attached hydrogens (tertiary/aromatic N) is 3. The third kappa shape index (κ3) is 5.09. The van der Waals surface area contributed by atoms with Gasteiger partial charge in [-0.05, 0) is 43.5 Å². The molecule has 2 heterocycles. The Hall–Kier alpha value is -2.83. The number of ether oxygens (including phenoxy) is 1. The quantitative estimate of drug-likeness (QED) is 0.807. The first kappa shape index (κ1) is 18.9. The van der Waals surface area contributed by atoms with Gasteiger partial charge < -0.3 is 14.7 Å². The van der Waals surface area contributed by atoms with Crippen molar-refractivity contribution >= 4 is 11.9 Å². The topological polar surface area (TPSA) is 84.7 Å². The molecule has 0 spiro atoms. The van der Waals surface area contributed by atoms with Crippen LogP contribution in [0.3, 0.4) is 0 Å². The summed E-state index contributed by atoms with van der Waals surface area (Å²) in [7, 11) is 0. The van der Waals surface area contributed by atoms with Gasteiger partial charge in [0, 0.05) is 25.2 Å². The molecule has 1 saturated heterocycles. The van der Waals surface area contributed by atoms with Gasteiger partial charge in [-0.3, -0.25) is 14.3 Å². The lowest BCUT2D eigenvalue weighted by Crippen LogP contribution is -2.40. The van der Waals surface area contributed by atoms with E-state index < -0.39 is 5.97 Å². The number of aliphatic carboxylic acids is 1. The fourth-order valence-electron chi connectivity index (χ4n) is 3.42. The highest BCUT2D eigenvalue weighted by molar-refractivity contribution is 5.79. The number of rotatable bonds is 7. The van der Waals surface area contributed by atoms with Crippen molar-refractivity contribution in [1.82, 2.24) is 14.7 Å². The second-order valence-corrected chi connectivity index (χ2v) is 6.76. The summed E-state index contributed by atoms with van der Waals surface area (Å²) in [6.07, 6.45) is 3.93. The molecule has 1 atom stereocenters. The van der Waals surface area contributed by atoms with Crippen molar-refractivity contribution in [2.75, 3.05) is 19.7 Å². The van der Waals surface area contributed by atoms with E-state index in [4.69, 9.17) is 9.84 Å². The molecule has 0 bridgehead atoms. The number of aromatic nitrogens is 2. The van der Waals surface area contributed by atoms with E-state index in [1.165, 1.54) is 4.68 Å². The minimum absolute atomic E-state index is 0.105. The van der Waals surface area contributed by atoms with E-state index in [0.717, 1.165) is 36.4 Å². The molecular formula is C20H25N3O4.